The third-order valence-electron chi connectivity index (χ3n) is 8.89. The standard InChI is InChI=1S/C36H76N6O4/c43-35(44)33-31-29-27-25-23-21-19-17-15-13-11-9-7-5-3-1-2-4-6-8-10-12-14-16-18-20-22-24-26-28-30-32-34-37-39-41-42-40-38-36(45)46/h37-42H,1-34H2,(H,43,44)(H,45,46). The maximum absolute atomic E-state index is 10.5. The molecule has 0 aromatic carbocycles. The van der Waals surface area contributed by atoms with Gasteiger partial charge in [-0.3, -0.25) is 4.79 Å². The first-order valence-electron chi connectivity index (χ1n) is 19.6. The van der Waals surface area contributed by atoms with Crippen LogP contribution in [0.25, 0.3) is 0 Å². The molecule has 0 aromatic rings. The molecule has 0 aromatic heterocycles. The average molecular weight is 657 g/mol. The van der Waals surface area contributed by atoms with Crippen LogP contribution in [0, 0.1) is 0 Å². The summed E-state index contributed by atoms with van der Waals surface area (Å²) in [6, 6.07) is 0. The first-order valence-corrected chi connectivity index (χ1v) is 19.6. The van der Waals surface area contributed by atoms with E-state index in [-0.39, 0.29) is 0 Å². The summed E-state index contributed by atoms with van der Waals surface area (Å²) in [7, 11) is 0. The van der Waals surface area contributed by atoms with Crippen LogP contribution >= 0.6 is 0 Å². The van der Waals surface area contributed by atoms with Crippen LogP contribution in [-0.2, 0) is 4.79 Å². The summed E-state index contributed by atoms with van der Waals surface area (Å²) >= 11 is 0. The minimum Gasteiger partial charge on any atom is -0.481 e. The number of rotatable bonds is 40. The van der Waals surface area contributed by atoms with Crippen molar-refractivity contribution < 1.29 is 19.8 Å². The first-order chi connectivity index (χ1) is 22.6. The topological polar surface area (TPSA) is 147 Å². The molecular weight excluding hydrogens is 580 g/mol. The van der Waals surface area contributed by atoms with Crippen molar-refractivity contribution in [2.75, 3.05) is 6.54 Å². The van der Waals surface area contributed by atoms with Gasteiger partial charge in [0.2, 0.25) is 0 Å². The molecule has 0 saturated carbocycles. The molecule has 8 N–H and O–H groups in total. The van der Waals surface area contributed by atoms with Crippen LogP contribution in [0.4, 0.5) is 4.79 Å². The van der Waals surface area contributed by atoms with Gasteiger partial charge in [0.05, 0.1) is 0 Å². The summed E-state index contributed by atoms with van der Waals surface area (Å²) < 4.78 is 0. The third kappa shape index (κ3) is 42.5. The zero-order valence-electron chi connectivity index (χ0n) is 29.8. The van der Waals surface area contributed by atoms with E-state index in [1.165, 1.54) is 186 Å². The molecule has 0 aliphatic rings. The number of unbranched alkanes of at least 4 members (excludes halogenated alkanes) is 31. The van der Waals surface area contributed by atoms with Crippen molar-refractivity contribution in [1.29, 1.82) is 0 Å². The Bertz CT molecular complexity index is 577. The molecule has 274 valence electrons. The normalized spacial score (nSPS) is 11.3. The van der Waals surface area contributed by atoms with E-state index >= 15 is 0 Å². The van der Waals surface area contributed by atoms with Crippen molar-refractivity contribution in [3.05, 3.63) is 0 Å². The SMILES string of the molecule is O=C(O)CCCCCCCCCCCCCCCCCCCCCCCCCCCCCCCCCCNNNNNNC(=O)O. The minimum absolute atomic E-state index is 0.337. The van der Waals surface area contributed by atoms with Gasteiger partial charge in [0.25, 0.3) is 0 Å². The second-order valence-corrected chi connectivity index (χ2v) is 13.3. The molecule has 46 heavy (non-hydrogen) atoms. The third-order valence-corrected chi connectivity index (χ3v) is 8.89. The van der Waals surface area contributed by atoms with E-state index in [0.29, 0.717) is 6.42 Å². The molecule has 0 heterocycles. The number of aliphatic carboxylic acids is 1. The molecule has 10 nitrogen and oxygen atoms in total. The van der Waals surface area contributed by atoms with E-state index in [1.807, 2.05) is 5.43 Å². The summed E-state index contributed by atoms with van der Waals surface area (Å²) in [5.74, 6) is -0.656. The number of amides is 1. The molecule has 1 amide bonds. The van der Waals surface area contributed by atoms with Gasteiger partial charge >= 0.3 is 12.1 Å². The predicted molar refractivity (Wildman–Crippen MR) is 192 cm³/mol. The molecule has 0 rings (SSSR count). The molecule has 0 aliphatic carbocycles. The van der Waals surface area contributed by atoms with E-state index in [0.717, 1.165) is 25.8 Å². The second kappa shape index (κ2) is 39.7. The van der Waals surface area contributed by atoms with Gasteiger partial charge in [0.1, 0.15) is 0 Å². The maximum Gasteiger partial charge on any atom is 0.420 e. The number of carboxylic acid groups (broad SMARTS) is 2. The predicted octanol–water partition coefficient (Wildman–Crippen LogP) is 9.73. The average Bonchev–Trinajstić information content (AvgIpc) is 3.03. The first kappa shape index (κ1) is 44.5. The molecule has 0 unspecified atom stereocenters. The van der Waals surface area contributed by atoms with Crippen molar-refractivity contribution in [3.8, 4) is 0 Å². The van der Waals surface area contributed by atoms with Crippen LogP contribution < -0.4 is 33.0 Å². The highest BCUT2D eigenvalue weighted by Gasteiger charge is 1.99. The number of hydrogen-bond donors (Lipinski definition) is 8. The molecule has 0 saturated heterocycles. The summed E-state index contributed by atoms with van der Waals surface area (Å²) in [5.41, 5.74) is 14.9. The van der Waals surface area contributed by atoms with Crippen molar-refractivity contribution in [2.24, 2.45) is 0 Å². The lowest BCUT2D eigenvalue weighted by Gasteiger charge is -2.10. The summed E-state index contributed by atoms with van der Waals surface area (Å²) in [6.45, 7) is 0.854. The Kier molecular flexibility index (Phi) is 38.5. The van der Waals surface area contributed by atoms with E-state index in [9.17, 15) is 9.59 Å². The van der Waals surface area contributed by atoms with Gasteiger partial charge in [-0.25, -0.2) is 15.6 Å². The zero-order chi connectivity index (χ0) is 33.4. The lowest BCUT2D eigenvalue weighted by atomic mass is 10.0. The van der Waals surface area contributed by atoms with Gasteiger partial charge < -0.3 is 10.2 Å². The molecule has 0 atom stereocenters. The number of hydrazine groups is 5. The Labute approximate surface area is 283 Å². The number of hydrogen-bond acceptors (Lipinski definition) is 7. The second-order valence-electron chi connectivity index (χ2n) is 13.3. The zero-order valence-corrected chi connectivity index (χ0v) is 29.8. The molecule has 0 fully saturated rings. The van der Waals surface area contributed by atoms with Crippen molar-refractivity contribution in [3.63, 3.8) is 0 Å². The fourth-order valence-electron chi connectivity index (χ4n) is 6.05. The minimum atomic E-state index is -1.16. The fraction of sp³-hybridized carbons (Fsp3) is 0.944. The molecule has 0 radical (unpaired) electrons. The van der Waals surface area contributed by atoms with E-state index in [4.69, 9.17) is 10.2 Å². The fourth-order valence-corrected chi connectivity index (χ4v) is 6.05. The van der Waals surface area contributed by atoms with Crippen LogP contribution in [-0.4, -0.2) is 28.8 Å². The lowest BCUT2D eigenvalue weighted by molar-refractivity contribution is -0.137. The summed E-state index contributed by atoms with van der Waals surface area (Å²) in [4.78, 5) is 20.7. The Hall–Kier alpha value is -1.46. The quantitative estimate of drug-likeness (QED) is 0.0238. The van der Waals surface area contributed by atoms with Crippen LogP contribution in [0.15, 0.2) is 0 Å². The van der Waals surface area contributed by atoms with E-state index in [1.54, 1.807) is 0 Å². The molecule has 0 aliphatic heterocycles. The monoisotopic (exact) mass is 657 g/mol. The van der Waals surface area contributed by atoms with Crippen LogP contribution in [0.1, 0.15) is 212 Å². The van der Waals surface area contributed by atoms with E-state index in [2.05, 4.69) is 27.6 Å². The van der Waals surface area contributed by atoms with Crippen LogP contribution in [0.2, 0.25) is 0 Å². The highest BCUT2D eigenvalue weighted by molar-refractivity contribution is 5.66. The number of carboxylic acids is 1. The van der Waals surface area contributed by atoms with Crippen molar-refractivity contribution in [1.82, 2.24) is 33.0 Å². The van der Waals surface area contributed by atoms with Gasteiger partial charge in [-0.2, -0.15) is 22.1 Å². The molecular formula is C36H76N6O4. The van der Waals surface area contributed by atoms with Gasteiger partial charge in [0.15, 0.2) is 0 Å². The van der Waals surface area contributed by atoms with Crippen LogP contribution in [0.3, 0.4) is 0 Å². The Morgan fingerprint density at radius 1 is 0.326 bits per heavy atom. The summed E-state index contributed by atoms with van der Waals surface area (Å²) in [6.07, 6.45) is 42.5. The van der Waals surface area contributed by atoms with Crippen LogP contribution in [0.5, 0.6) is 0 Å². The largest absolute Gasteiger partial charge is 0.481 e. The van der Waals surface area contributed by atoms with Gasteiger partial charge in [-0.15, -0.1) is 0 Å². The summed E-state index contributed by atoms with van der Waals surface area (Å²) in [5, 5.41) is 17.0. The highest BCUT2D eigenvalue weighted by atomic mass is 16.4. The Balaban J connectivity index is 3.05. The smallest absolute Gasteiger partial charge is 0.420 e. The molecule has 10 heteroatoms. The number of nitrogens with one attached hydrogen (secondary N) is 6. The molecule has 0 bridgehead atoms. The Morgan fingerprint density at radius 2 is 0.587 bits per heavy atom. The van der Waals surface area contributed by atoms with Gasteiger partial charge in [0, 0.05) is 13.0 Å². The van der Waals surface area contributed by atoms with Crippen molar-refractivity contribution in [2.45, 2.75) is 212 Å². The highest BCUT2D eigenvalue weighted by Crippen LogP contribution is 2.17. The van der Waals surface area contributed by atoms with E-state index < -0.39 is 12.1 Å². The maximum atomic E-state index is 10.5. The number of carbonyl (C=O) groups is 2. The van der Waals surface area contributed by atoms with Crippen molar-refractivity contribution >= 4 is 12.1 Å². The van der Waals surface area contributed by atoms with Gasteiger partial charge in [-0.1, -0.05) is 193 Å². The Morgan fingerprint density at radius 3 is 0.870 bits per heavy atom. The lowest BCUT2D eigenvalue weighted by Crippen LogP contribution is -2.59. The van der Waals surface area contributed by atoms with Gasteiger partial charge in [-0.05, 0) is 12.8 Å². The molecule has 0 spiro atoms.